The molecule has 0 aromatic heterocycles. The maximum absolute atomic E-state index is 5.68. The van der Waals surface area contributed by atoms with Gasteiger partial charge in [0.1, 0.15) is 0 Å². The lowest BCUT2D eigenvalue weighted by atomic mass is 10.2. The standard InChI is InChI=1S/C16H25NO3/c1-12(2)17-9-14-6-7-15(18-3)16(8-14)20-11-19-10-13-4-5-13/h6-8,12-13,17H,4-5,9-11H2,1-3H3. The van der Waals surface area contributed by atoms with E-state index in [4.69, 9.17) is 14.2 Å². The van der Waals surface area contributed by atoms with Crippen LogP contribution in [0.3, 0.4) is 0 Å². The molecular weight excluding hydrogens is 254 g/mol. The summed E-state index contributed by atoms with van der Waals surface area (Å²) in [7, 11) is 1.65. The first-order chi connectivity index (χ1) is 9.69. The van der Waals surface area contributed by atoms with Crippen molar-refractivity contribution in [2.24, 2.45) is 5.92 Å². The molecule has 1 saturated carbocycles. The predicted molar refractivity (Wildman–Crippen MR) is 79.1 cm³/mol. The molecule has 0 spiro atoms. The Balaban J connectivity index is 1.87. The summed E-state index contributed by atoms with van der Waals surface area (Å²) in [6.07, 6.45) is 2.58. The molecule has 0 atom stereocenters. The zero-order valence-electron chi connectivity index (χ0n) is 12.6. The highest BCUT2D eigenvalue weighted by Gasteiger charge is 2.21. The number of hydrogen-bond acceptors (Lipinski definition) is 4. The van der Waals surface area contributed by atoms with Gasteiger partial charge in [0.15, 0.2) is 18.3 Å². The molecule has 1 aliphatic rings. The van der Waals surface area contributed by atoms with Crippen molar-refractivity contribution < 1.29 is 14.2 Å². The summed E-state index contributed by atoms with van der Waals surface area (Å²) < 4.78 is 16.5. The quantitative estimate of drug-likeness (QED) is 0.557. The summed E-state index contributed by atoms with van der Waals surface area (Å²) in [6, 6.07) is 6.46. The third kappa shape index (κ3) is 5.02. The van der Waals surface area contributed by atoms with Crippen molar-refractivity contribution in [1.82, 2.24) is 5.32 Å². The van der Waals surface area contributed by atoms with Crippen LogP contribution in [-0.2, 0) is 11.3 Å². The molecule has 0 bridgehead atoms. The van der Waals surface area contributed by atoms with Gasteiger partial charge in [-0.05, 0) is 36.5 Å². The van der Waals surface area contributed by atoms with Crippen molar-refractivity contribution in [2.75, 3.05) is 20.5 Å². The molecule has 0 heterocycles. The molecule has 20 heavy (non-hydrogen) atoms. The first-order valence-corrected chi connectivity index (χ1v) is 7.30. The maximum atomic E-state index is 5.68. The fourth-order valence-corrected chi connectivity index (χ4v) is 1.87. The van der Waals surface area contributed by atoms with Crippen LogP contribution in [0.5, 0.6) is 11.5 Å². The fourth-order valence-electron chi connectivity index (χ4n) is 1.87. The van der Waals surface area contributed by atoms with E-state index < -0.39 is 0 Å². The average molecular weight is 279 g/mol. The predicted octanol–water partition coefficient (Wildman–Crippen LogP) is 2.96. The van der Waals surface area contributed by atoms with E-state index in [9.17, 15) is 0 Å². The Hall–Kier alpha value is -1.26. The van der Waals surface area contributed by atoms with Crippen LogP contribution in [0.2, 0.25) is 0 Å². The van der Waals surface area contributed by atoms with E-state index in [-0.39, 0.29) is 6.79 Å². The molecule has 1 aromatic rings. The molecule has 0 aliphatic heterocycles. The number of methoxy groups -OCH3 is 1. The fraction of sp³-hybridized carbons (Fsp3) is 0.625. The van der Waals surface area contributed by atoms with Gasteiger partial charge in [-0.15, -0.1) is 0 Å². The van der Waals surface area contributed by atoms with Gasteiger partial charge in [0, 0.05) is 12.6 Å². The van der Waals surface area contributed by atoms with Crippen LogP contribution in [0, 0.1) is 5.92 Å². The molecular formula is C16H25NO3. The molecule has 0 radical (unpaired) electrons. The minimum Gasteiger partial charge on any atom is -0.493 e. The third-order valence-corrected chi connectivity index (χ3v) is 3.29. The number of benzene rings is 1. The van der Waals surface area contributed by atoms with E-state index in [2.05, 4.69) is 19.2 Å². The second kappa shape index (κ2) is 7.50. The lowest BCUT2D eigenvalue weighted by Crippen LogP contribution is -2.21. The molecule has 4 heteroatoms. The Morgan fingerprint density at radius 2 is 2.05 bits per heavy atom. The summed E-state index contributed by atoms with van der Waals surface area (Å²) in [5.74, 6) is 2.24. The highest BCUT2D eigenvalue weighted by atomic mass is 16.7. The van der Waals surface area contributed by atoms with Gasteiger partial charge in [-0.1, -0.05) is 19.9 Å². The number of ether oxygens (including phenoxy) is 3. The summed E-state index contributed by atoms with van der Waals surface area (Å²) in [4.78, 5) is 0. The molecule has 0 saturated heterocycles. The number of rotatable bonds is 9. The Bertz CT molecular complexity index is 416. The minimum absolute atomic E-state index is 0.286. The van der Waals surface area contributed by atoms with Crippen LogP contribution in [0.25, 0.3) is 0 Å². The topological polar surface area (TPSA) is 39.7 Å². The molecule has 0 amide bonds. The van der Waals surface area contributed by atoms with Crippen molar-refractivity contribution in [1.29, 1.82) is 0 Å². The SMILES string of the molecule is COc1ccc(CNC(C)C)cc1OCOCC1CC1. The van der Waals surface area contributed by atoms with E-state index in [0.29, 0.717) is 6.04 Å². The summed E-state index contributed by atoms with van der Waals surface area (Å²) in [5, 5.41) is 3.39. The van der Waals surface area contributed by atoms with E-state index in [1.165, 1.54) is 18.4 Å². The summed E-state index contributed by atoms with van der Waals surface area (Å²) in [6.45, 7) is 6.17. The van der Waals surface area contributed by atoms with Crippen molar-refractivity contribution in [3.8, 4) is 11.5 Å². The van der Waals surface area contributed by atoms with Gasteiger partial charge < -0.3 is 19.5 Å². The maximum Gasteiger partial charge on any atom is 0.189 e. The van der Waals surface area contributed by atoms with Crippen molar-refractivity contribution >= 4 is 0 Å². The van der Waals surface area contributed by atoms with Gasteiger partial charge in [0.25, 0.3) is 0 Å². The molecule has 1 fully saturated rings. The van der Waals surface area contributed by atoms with Gasteiger partial charge in [-0.25, -0.2) is 0 Å². The van der Waals surface area contributed by atoms with Gasteiger partial charge in [-0.2, -0.15) is 0 Å². The van der Waals surface area contributed by atoms with Crippen molar-refractivity contribution in [3.05, 3.63) is 23.8 Å². The van der Waals surface area contributed by atoms with Gasteiger partial charge in [-0.3, -0.25) is 0 Å². The average Bonchev–Trinajstić information content (AvgIpc) is 3.25. The molecule has 2 rings (SSSR count). The second-order valence-electron chi connectivity index (χ2n) is 5.60. The molecule has 1 aliphatic carbocycles. The number of nitrogens with one attached hydrogen (secondary N) is 1. The van der Waals surface area contributed by atoms with Gasteiger partial charge in [0.2, 0.25) is 0 Å². The van der Waals surface area contributed by atoms with Crippen LogP contribution in [0.4, 0.5) is 0 Å². The molecule has 4 nitrogen and oxygen atoms in total. The normalized spacial score (nSPS) is 14.6. The second-order valence-corrected chi connectivity index (χ2v) is 5.60. The van der Waals surface area contributed by atoms with Crippen LogP contribution in [-0.4, -0.2) is 26.6 Å². The van der Waals surface area contributed by atoms with Crippen molar-refractivity contribution in [2.45, 2.75) is 39.3 Å². The van der Waals surface area contributed by atoms with Crippen LogP contribution in [0.15, 0.2) is 18.2 Å². The zero-order chi connectivity index (χ0) is 14.4. The van der Waals surface area contributed by atoms with Crippen LogP contribution in [0.1, 0.15) is 32.3 Å². The Labute approximate surface area is 121 Å². The molecule has 112 valence electrons. The van der Waals surface area contributed by atoms with E-state index in [1.54, 1.807) is 7.11 Å². The first kappa shape index (κ1) is 15.1. The highest BCUT2D eigenvalue weighted by molar-refractivity contribution is 5.42. The van der Waals surface area contributed by atoms with E-state index in [0.717, 1.165) is 30.6 Å². The van der Waals surface area contributed by atoms with Crippen LogP contribution < -0.4 is 14.8 Å². The summed E-state index contributed by atoms with van der Waals surface area (Å²) in [5.41, 5.74) is 1.18. The van der Waals surface area contributed by atoms with Crippen molar-refractivity contribution in [3.63, 3.8) is 0 Å². The molecule has 1 aromatic carbocycles. The Morgan fingerprint density at radius 3 is 2.70 bits per heavy atom. The monoisotopic (exact) mass is 279 g/mol. The highest BCUT2D eigenvalue weighted by Crippen LogP contribution is 2.30. The number of hydrogen-bond donors (Lipinski definition) is 1. The first-order valence-electron chi connectivity index (χ1n) is 7.30. The molecule has 0 unspecified atom stereocenters. The lowest BCUT2D eigenvalue weighted by molar-refractivity contribution is 0.00862. The minimum atomic E-state index is 0.286. The third-order valence-electron chi connectivity index (χ3n) is 3.29. The zero-order valence-corrected chi connectivity index (χ0v) is 12.6. The van der Waals surface area contributed by atoms with E-state index in [1.807, 2.05) is 18.2 Å². The van der Waals surface area contributed by atoms with Gasteiger partial charge in [0.05, 0.1) is 13.7 Å². The van der Waals surface area contributed by atoms with Crippen LogP contribution >= 0.6 is 0 Å². The van der Waals surface area contributed by atoms with Gasteiger partial charge >= 0.3 is 0 Å². The lowest BCUT2D eigenvalue weighted by Gasteiger charge is -2.13. The summed E-state index contributed by atoms with van der Waals surface area (Å²) >= 11 is 0. The van der Waals surface area contributed by atoms with E-state index >= 15 is 0 Å². The largest absolute Gasteiger partial charge is 0.493 e. The smallest absolute Gasteiger partial charge is 0.189 e. The Kier molecular flexibility index (Phi) is 5.68. The molecule has 1 N–H and O–H groups in total. The Morgan fingerprint density at radius 1 is 1.25 bits per heavy atom.